The molecule has 0 radical (unpaired) electrons. The van der Waals surface area contributed by atoms with Gasteiger partial charge in [-0.3, -0.25) is 0 Å². The van der Waals surface area contributed by atoms with Crippen molar-refractivity contribution in [2.24, 2.45) is 5.92 Å². The third-order valence-electron chi connectivity index (χ3n) is 2.96. The predicted octanol–water partition coefficient (Wildman–Crippen LogP) is 3.52. The molecule has 1 saturated carbocycles. The zero-order valence-corrected chi connectivity index (χ0v) is 9.67. The number of carbonyl (C=O) groups excluding carboxylic acids is 1. The average molecular weight is 214 g/mol. The van der Waals surface area contributed by atoms with E-state index in [1.165, 1.54) is 38.5 Å². The van der Waals surface area contributed by atoms with Crippen LogP contribution in [0.4, 0.5) is 4.79 Å². The number of hydrogen-bond acceptors (Lipinski definition) is 3. The van der Waals surface area contributed by atoms with E-state index in [0.29, 0.717) is 13.2 Å². The summed E-state index contributed by atoms with van der Waals surface area (Å²) in [5.74, 6) is 0.865. The third-order valence-corrected chi connectivity index (χ3v) is 2.96. The van der Waals surface area contributed by atoms with E-state index in [1.54, 1.807) is 6.92 Å². The Morgan fingerprint density at radius 3 is 2.60 bits per heavy atom. The number of hydrogen-bond donors (Lipinski definition) is 0. The van der Waals surface area contributed by atoms with E-state index in [2.05, 4.69) is 4.74 Å². The van der Waals surface area contributed by atoms with Gasteiger partial charge in [0.15, 0.2) is 0 Å². The second-order valence-corrected chi connectivity index (χ2v) is 4.18. The molecule has 0 aromatic heterocycles. The molecule has 0 spiro atoms. The first kappa shape index (κ1) is 12.3. The highest BCUT2D eigenvalue weighted by Crippen LogP contribution is 2.27. The fourth-order valence-electron chi connectivity index (χ4n) is 2.16. The maximum atomic E-state index is 10.8. The van der Waals surface area contributed by atoms with Gasteiger partial charge in [0, 0.05) is 0 Å². The van der Waals surface area contributed by atoms with Gasteiger partial charge in [-0.1, -0.05) is 32.1 Å². The van der Waals surface area contributed by atoms with Crippen molar-refractivity contribution >= 4 is 6.16 Å². The van der Waals surface area contributed by atoms with E-state index in [0.717, 1.165) is 12.3 Å². The van der Waals surface area contributed by atoms with Gasteiger partial charge in [0.2, 0.25) is 0 Å². The Morgan fingerprint density at radius 2 is 1.93 bits per heavy atom. The van der Waals surface area contributed by atoms with Crippen molar-refractivity contribution in [2.45, 2.75) is 51.9 Å². The highest BCUT2D eigenvalue weighted by Gasteiger charge is 2.13. The van der Waals surface area contributed by atoms with E-state index >= 15 is 0 Å². The molecule has 1 aliphatic rings. The highest BCUT2D eigenvalue weighted by molar-refractivity contribution is 5.59. The minimum Gasteiger partial charge on any atom is -0.435 e. The van der Waals surface area contributed by atoms with Gasteiger partial charge in [0.05, 0.1) is 13.2 Å². The van der Waals surface area contributed by atoms with Gasteiger partial charge in [0.25, 0.3) is 0 Å². The Balaban J connectivity index is 1.93. The molecule has 15 heavy (non-hydrogen) atoms. The van der Waals surface area contributed by atoms with Crippen LogP contribution in [0.15, 0.2) is 0 Å². The smallest absolute Gasteiger partial charge is 0.435 e. The number of ether oxygens (including phenoxy) is 2. The summed E-state index contributed by atoms with van der Waals surface area (Å²) in [6.45, 7) is 2.68. The second kappa shape index (κ2) is 7.55. The highest BCUT2D eigenvalue weighted by atomic mass is 16.7. The lowest BCUT2D eigenvalue weighted by atomic mass is 9.86. The van der Waals surface area contributed by atoms with Crippen molar-refractivity contribution < 1.29 is 14.3 Å². The molecule has 3 heteroatoms. The largest absolute Gasteiger partial charge is 0.508 e. The van der Waals surface area contributed by atoms with Gasteiger partial charge in [-0.15, -0.1) is 0 Å². The van der Waals surface area contributed by atoms with Crippen LogP contribution in [0.3, 0.4) is 0 Å². The molecule has 0 saturated heterocycles. The van der Waals surface area contributed by atoms with Gasteiger partial charge < -0.3 is 9.47 Å². The van der Waals surface area contributed by atoms with Gasteiger partial charge >= 0.3 is 6.16 Å². The lowest BCUT2D eigenvalue weighted by Gasteiger charge is -2.21. The van der Waals surface area contributed by atoms with Crippen LogP contribution in [0.1, 0.15) is 51.9 Å². The van der Waals surface area contributed by atoms with Gasteiger partial charge in [-0.25, -0.2) is 4.79 Å². The summed E-state index contributed by atoms with van der Waals surface area (Å²) < 4.78 is 9.59. The number of rotatable bonds is 5. The molecular weight excluding hydrogens is 192 g/mol. The van der Waals surface area contributed by atoms with Crippen LogP contribution in [0.5, 0.6) is 0 Å². The zero-order valence-electron chi connectivity index (χ0n) is 9.67. The predicted molar refractivity (Wildman–Crippen MR) is 58.8 cm³/mol. The molecule has 1 aliphatic carbocycles. The first-order valence-corrected chi connectivity index (χ1v) is 6.12. The molecular formula is C12H22O3. The van der Waals surface area contributed by atoms with Gasteiger partial charge in [-0.05, 0) is 25.7 Å². The van der Waals surface area contributed by atoms with E-state index in [-0.39, 0.29) is 0 Å². The quantitative estimate of drug-likeness (QED) is 0.519. The Labute approximate surface area is 92.1 Å². The topological polar surface area (TPSA) is 35.5 Å². The van der Waals surface area contributed by atoms with Crippen LogP contribution in [-0.2, 0) is 9.47 Å². The average Bonchev–Trinajstić information content (AvgIpc) is 2.26. The van der Waals surface area contributed by atoms with Crippen LogP contribution < -0.4 is 0 Å². The molecule has 0 amide bonds. The Morgan fingerprint density at radius 1 is 1.20 bits per heavy atom. The van der Waals surface area contributed by atoms with E-state index < -0.39 is 6.16 Å². The zero-order chi connectivity index (χ0) is 10.9. The van der Waals surface area contributed by atoms with Gasteiger partial charge in [-0.2, -0.15) is 0 Å². The normalized spacial score (nSPS) is 17.4. The lowest BCUT2D eigenvalue weighted by Crippen LogP contribution is -2.10. The lowest BCUT2D eigenvalue weighted by molar-refractivity contribution is 0.0567. The molecule has 3 nitrogen and oxygen atoms in total. The molecule has 0 N–H and O–H groups in total. The van der Waals surface area contributed by atoms with Gasteiger partial charge in [0.1, 0.15) is 0 Å². The molecule has 0 atom stereocenters. The van der Waals surface area contributed by atoms with Crippen molar-refractivity contribution in [2.75, 3.05) is 13.2 Å². The maximum Gasteiger partial charge on any atom is 0.508 e. The molecule has 0 aromatic rings. The van der Waals surface area contributed by atoms with Crippen molar-refractivity contribution in [1.82, 2.24) is 0 Å². The molecule has 0 unspecified atom stereocenters. The summed E-state index contributed by atoms with van der Waals surface area (Å²) in [5.41, 5.74) is 0. The van der Waals surface area contributed by atoms with Crippen molar-refractivity contribution in [3.63, 3.8) is 0 Å². The first-order chi connectivity index (χ1) is 7.33. The van der Waals surface area contributed by atoms with E-state index in [1.807, 2.05) is 0 Å². The minimum atomic E-state index is -0.527. The summed E-state index contributed by atoms with van der Waals surface area (Å²) in [6.07, 6.45) is 8.52. The Hall–Kier alpha value is -0.730. The van der Waals surface area contributed by atoms with E-state index in [4.69, 9.17) is 4.74 Å². The summed E-state index contributed by atoms with van der Waals surface area (Å²) in [5, 5.41) is 0. The van der Waals surface area contributed by atoms with Crippen molar-refractivity contribution in [1.29, 1.82) is 0 Å². The fourth-order valence-corrected chi connectivity index (χ4v) is 2.16. The Bertz CT molecular complexity index is 174. The summed E-state index contributed by atoms with van der Waals surface area (Å²) in [6, 6.07) is 0. The second-order valence-electron chi connectivity index (χ2n) is 4.18. The van der Waals surface area contributed by atoms with E-state index in [9.17, 15) is 4.79 Å². The molecule has 0 aliphatic heterocycles. The Kier molecular flexibility index (Phi) is 6.21. The molecule has 0 heterocycles. The van der Waals surface area contributed by atoms with Crippen LogP contribution in [0, 0.1) is 5.92 Å². The van der Waals surface area contributed by atoms with Crippen LogP contribution in [0.2, 0.25) is 0 Å². The fraction of sp³-hybridized carbons (Fsp3) is 0.917. The number of carbonyl (C=O) groups is 1. The molecule has 0 aromatic carbocycles. The molecule has 0 bridgehead atoms. The summed E-state index contributed by atoms with van der Waals surface area (Å²) >= 11 is 0. The first-order valence-electron chi connectivity index (χ1n) is 6.12. The minimum absolute atomic E-state index is 0.390. The van der Waals surface area contributed by atoms with Crippen molar-refractivity contribution in [3.8, 4) is 0 Å². The molecule has 1 fully saturated rings. The SMILES string of the molecule is CCOC(=O)OCCCC1CCCCC1. The van der Waals surface area contributed by atoms with Crippen LogP contribution in [0.25, 0.3) is 0 Å². The van der Waals surface area contributed by atoms with Crippen LogP contribution in [-0.4, -0.2) is 19.4 Å². The summed E-state index contributed by atoms with van der Waals surface area (Å²) in [7, 11) is 0. The standard InChI is InChI=1S/C12H22O3/c1-2-14-12(13)15-10-6-9-11-7-4-3-5-8-11/h11H,2-10H2,1H3. The summed E-state index contributed by atoms with van der Waals surface area (Å²) in [4.78, 5) is 10.8. The monoisotopic (exact) mass is 214 g/mol. The van der Waals surface area contributed by atoms with Crippen molar-refractivity contribution in [3.05, 3.63) is 0 Å². The third kappa shape index (κ3) is 5.65. The molecule has 88 valence electrons. The molecule has 1 rings (SSSR count). The van der Waals surface area contributed by atoms with Crippen LogP contribution >= 0.6 is 0 Å². The maximum absolute atomic E-state index is 10.8.